The third-order valence-corrected chi connectivity index (χ3v) is 4.25. The van der Waals surface area contributed by atoms with Gasteiger partial charge in [-0.1, -0.05) is 24.4 Å². The predicted octanol–water partition coefficient (Wildman–Crippen LogP) is 3.63. The average molecular weight is 317 g/mol. The van der Waals surface area contributed by atoms with E-state index in [2.05, 4.69) is 15.5 Å². The number of aromatic nitrogens is 2. The first kappa shape index (κ1) is 15.6. The van der Waals surface area contributed by atoms with Crippen molar-refractivity contribution in [3.63, 3.8) is 0 Å². The van der Waals surface area contributed by atoms with E-state index in [-0.39, 0.29) is 23.7 Å². The molecule has 5 nitrogen and oxygen atoms in total. The van der Waals surface area contributed by atoms with Gasteiger partial charge in [0.1, 0.15) is 11.9 Å². The molecule has 1 aliphatic carbocycles. The summed E-state index contributed by atoms with van der Waals surface area (Å²) >= 11 is 0. The SMILES string of the molecule is CC(NC(=O)C1CCCCC1)c1nc(-c2ccc(F)cc2)no1. The average Bonchev–Trinajstić information content (AvgIpc) is 3.06. The number of benzene rings is 1. The summed E-state index contributed by atoms with van der Waals surface area (Å²) in [6.45, 7) is 1.82. The molecule has 0 saturated heterocycles. The van der Waals surface area contributed by atoms with Gasteiger partial charge in [-0.15, -0.1) is 0 Å². The van der Waals surface area contributed by atoms with Crippen molar-refractivity contribution in [1.82, 2.24) is 15.5 Å². The highest BCUT2D eigenvalue weighted by molar-refractivity contribution is 5.79. The number of nitrogens with one attached hydrogen (secondary N) is 1. The van der Waals surface area contributed by atoms with Gasteiger partial charge in [0.15, 0.2) is 0 Å². The Bertz CT molecular complexity index is 663. The molecule has 1 saturated carbocycles. The zero-order valence-corrected chi connectivity index (χ0v) is 13.1. The van der Waals surface area contributed by atoms with Gasteiger partial charge >= 0.3 is 0 Å². The largest absolute Gasteiger partial charge is 0.344 e. The molecule has 1 amide bonds. The van der Waals surface area contributed by atoms with Gasteiger partial charge in [0.25, 0.3) is 0 Å². The lowest BCUT2D eigenvalue weighted by Gasteiger charge is -2.22. The van der Waals surface area contributed by atoms with E-state index in [1.165, 1.54) is 18.6 Å². The molecule has 1 N–H and O–H groups in total. The van der Waals surface area contributed by atoms with Crippen molar-refractivity contribution in [1.29, 1.82) is 0 Å². The summed E-state index contributed by atoms with van der Waals surface area (Å²) < 4.78 is 18.2. The van der Waals surface area contributed by atoms with Crippen LogP contribution in [0.15, 0.2) is 28.8 Å². The smallest absolute Gasteiger partial charge is 0.249 e. The molecule has 1 atom stereocenters. The van der Waals surface area contributed by atoms with Gasteiger partial charge < -0.3 is 9.84 Å². The molecular weight excluding hydrogens is 297 g/mol. The highest BCUT2D eigenvalue weighted by atomic mass is 19.1. The van der Waals surface area contributed by atoms with Crippen molar-refractivity contribution in [2.24, 2.45) is 5.92 Å². The van der Waals surface area contributed by atoms with Crippen LogP contribution in [0.4, 0.5) is 4.39 Å². The Kier molecular flexibility index (Phi) is 4.69. The second-order valence-corrected chi connectivity index (χ2v) is 6.03. The molecule has 6 heteroatoms. The van der Waals surface area contributed by atoms with Crippen LogP contribution in [0.5, 0.6) is 0 Å². The van der Waals surface area contributed by atoms with Crippen LogP contribution in [0.2, 0.25) is 0 Å². The summed E-state index contributed by atoms with van der Waals surface area (Å²) in [6, 6.07) is 5.54. The van der Waals surface area contributed by atoms with E-state index in [4.69, 9.17) is 4.52 Å². The zero-order chi connectivity index (χ0) is 16.2. The maximum absolute atomic E-state index is 12.9. The summed E-state index contributed by atoms with van der Waals surface area (Å²) in [5, 5.41) is 6.84. The Morgan fingerprint density at radius 2 is 1.96 bits per heavy atom. The topological polar surface area (TPSA) is 68.0 Å². The summed E-state index contributed by atoms with van der Waals surface area (Å²) in [7, 11) is 0. The molecule has 1 unspecified atom stereocenters. The fraction of sp³-hybridized carbons (Fsp3) is 0.471. The van der Waals surface area contributed by atoms with Crippen molar-refractivity contribution < 1.29 is 13.7 Å². The fourth-order valence-corrected chi connectivity index (χ4v) is 2.89. The van der Waals surface area contributed by atoms with Crippen LogP contribution < -0.4 is 5.32 Å². The Morgan fingerprint density at radius 3 is 2.65 bits per heavy atom. The third-order valence-electron chi connectivity index (χ3n) is 4.25. The Morgan fingerprint density at radius 1 is 1.26 bits per heavy atom. The lowest BCUT2D eigenvalue weighted by molar-refractivity contribution is -0.126. The van der Waals surface area contributed by atoms with Crippen molar-refractivity contribution in [2.45, 2.75) is 45.1 Å². The summed E-state index contributed by atoms with van der Waals surface area (Å²) in [5.41, 5.74) is 0.673. The van der Waals surface area contributed by atoms with E-state index in [0.29, 0.717) is 17.3 Å². The molecule has 0 bridgehead atoms. The molecule has 2 aromatic rings. The second-order valence-electron chi connectivity index (χ2n) is 6.03. The molecule has 23 heavy (non-hydrogen) atoms. The van der Waals surface area contributed by atoms with Crippen molar-refractivity contribution in [2.75, 3.05) is 0 Å². The standard InChI is InChI=1S/C17H20FN3O2/c1-11(19-16(22)13-5-3-2-4-6-13)17-20-15(21-23-17)12-7-9-14(18)10-8-12/h7-11,13H,2-6H2,1H3,(H,19,22). The first-order valence-electron chi connectivity index (χ1n) is 8.03. The van der Waals surface area contributed by atoms with Crippen LogP contribution in [0.25, 0.3) is 11.4 Å². The monoisotopic (exact) mass is 317 g/mol. The van der Waals surface area contributed by atoms with E-state index in [1.807, 2.05) is 6.92 Å². The maximum atomic E-state index is 12.9. The summed E-state index contributed by atoms with van der Waals surface area (Å²) in [5.74, 6) is 0.572. The lowest BCUT2D eigenvalue weighted by atomic mass is 9.88. The molecule has 1 aromatic carbocycles. The fourth-order valence-electron chi connectivity index (χ4n) is 2.89. The second kappa shape index (κ2) is 6.89. The molecule has 1 heterocycles. The van der Waals surface area contributed by atoms with Gasteiger partial charge in [0.2, 0.25) is 17.6 Å². The van der Waals surface area contributed by atoms with E-state index in [0.717, 1.165) is 25.7 Å². The van der Waals surface area contributed by atoms with Gasteiger partial charge in [-0.05, 0) is 44.0 Å². The Balaban J connectivity index is 1.64. The zero-order valence-electron chi connectivity index (χ0n) is 13.1. The van der Waals surface area contributed by atoms with Gasteiger partial charge in [-0.3, -0.25) is 4.79 Å². The number of halogens is 1. The van der Waals surface area contributed by atoms with E-state index < -0.39 is 0 Å². The lowest BCUT2D eigenvalue weighted by Crippen LogP contribution is -2.33. The van der Waals surface area contributed by atoms with Gasteiger partial charge in [-0.25, -0.2) is 4.39 Å². The van der Waals surface area contributed by atoms with Crippen molar-refractivity contribution in [3.05, 3.63) is 36.0 Å². The quantitative estimate of drug-likeness (QED) is 0.935. The van der Waals surface area contributed by atoms with Crippen LogP contribution in [0, 0.1) is 11.7 Å². The minimum absolute atomic E-state index is 0.0544. The van der Waals surface area contributed by atoms with E-state index in [9.17, 15) is 9.18 Å². The molecule has 3 rings (SSSR count). The van der Waals surface area contributed by atoms with Gasteiger partial charge in [-0.2, -0.15) is 4.98 Å². The molecule has 1 aromatic heterocycles. The Labute approximate surface area is 134 Å². The number of nitrogens with zero attached hydrogens (tertiary/aromatic N) is 2. The van der Waals surface area contributed by atoms with Crippen LogP contribution in [-0.2, 0) is 4.79 Å². The first-order valence-corrected chi connectivity index (χ1v) is 8.03. The Hall–Kier alpha value is -2.24. The number of amides is 1. The number of carbonyl (C=O) groups is 1. The summed E-state index contributed by atoms with van der Waals surface area (Å²) in [6.07, 6.45) is 5.33. The minimum atomic E-state index is -0.342. The highest BCUT2D eigenvalue weighted by Gasteiger charge is 2.24. The number of hydrogen-bond donors (Lipinski definition) is 1. The molecule has 0 spiro atoms. The van der Waals surface area contributed by atoms with Gasteiger partial charge in [0, 0.05) is 11.5 Å². The van der Waals surface area contributed by atoms with Crippen molar-refractivity contribution in [3.8, 4) is 11.4 Å². The molecule has 122 valence electrons. The van der Waals surface area contributed by atoms with Crippen LogP contribution in [0.1, 0.15) is 51.0 Å². The molecule has 1 aliphatic rings. The maximum Gasteiger partial charge on any atom is 0.249 e. The molecular formula is C17H20FN3O2. The van der Waals surface area contributed by atoms with E-state index >= 15 is 0 Å². The van der Waals surface area contributed by atoms with Gasteiger partial charge in [0.05, 0.1) is 0 Å². The van der Waals surface area contributed by atoms with Crippen LogP contribution in [-0.4, -0.2) is 16.0 Å². The normalized spacial score (nSPS) is 17.0. The highest BCUT2D eigenvalue weighted by Crippen LogP contribution is 2.25. The van der Waals surface area contributed by atoms with Crippen LogP contribution >= 0.6 is 0 Å². The minimum Gasteiger partial charge on any atom is -0.344 e. The summed E-state index contributed by atoms with van der Waals surface area (Å²) in [4.78, 5) is 16.5. The van der Waals surface area contributed by atoms with Crippen molar-refractivity contribution >= 4 is 5.91 Å². The molecule has 0 aliphatic heterocycles. The number of rotatable bonds is 4. The third kappa shape index (κ3) is 3.75. The molecule has 0 radical (unpaired) electrons. The number of carbonyl (C=O) groups excluding carboxylic acids is 1. The van der Waals surface area contributed by atoms with Crippen LogP contribution in [0.3, 0.4) is 0 Å². The molecule has 1 fully saturated rings. The first-order chi connectivity index (χ1) is 11.1. The van der Waals surface area contributed by atoms with E-state index in [1.54, 1.807) is 12.1 Å². The predicted molar refractivity (Wildman–Crippen MR) is 82.8 cm³/mol. The number of hydrogen-bond acceptors (Lipinski definition) is 4.